The highest BCUT2D eigenvalue weighted by molar-refractivity contribution is 6.29. The van der Waals surface area contributed by atoms with Gasteiger partial charge in [-0.3, -0.25) is 4.79 Å². The molecule has 0 radical (unpaired) electrons. The number of halogens is 2. The van der Waals surface area contributed by atoms with E-state index in [9.17, 15) is 9.18 Å². The third kappa shape index (κ3) is 3.65. The van der Waals surface area contributed by atoms with Crippen LogP contribution in [0.25, 0.3) is 5.57 Å². The van der Waals surface area contributed by atoms with Gasteiger partial charge in [0.1, 0.15) is 23.7 Å². The molecule has 0 spiro atoms. The van der Waals surface area contributed by atoms with Crippen molar-refractivity contribution in [3.05, 3.63) is 35.5 Å². The van der Waals surface area contributed by atoms with E-state index in [1.807, 2.05) is 6.20 Å². The molecule has 3 N–H and O–H groups in total. The van der Waals surface area contributed by atoms with Gasteiger partial charge < -0.3 is 20.9 Å². The molecule has 7 nitrogen and oxygen atoms in total. The van der Waals surface area contributed by atoms with Crippen LogP contribution >= 0.6 is 11.6 Å². The molecule has 28 heavy (non-hydrogen) atoms. The highest BCUT2D eigenvalue weighted by atomic mass is 35.5. The summed E-state index contributed by atoms with van der Waals surface area (Å²) in [5.41, 5.74) is 0.0650. The summed E-state index contributed by atoms with van der Waals surface area (Å²) in [6.45, 7) is 4.17. The normalized spacial score (nSPS) is 26.7. The smallest absolute Gasteiger partial charge is 0.247 e. The lowest BCUT2D eigenvalue weighted by atomic mass is 9.93. The number of carbonyl (C=O) groups is 1. The molecule has 3 aliphatic heterocycles. The van der Waals surface area contributed by atoms with Crippen LogP contribution in [0, 0.1) is 5.92 Å². The Bertz CT molecular complexity index is 841. The molecule has 0 bridgehead atoms. The van der Waals surface area contributed by atoms with Crippen LogP contribution in [0.5, 0.6) is 0 Å². The Morgan fingerprint density at radius 2 is 2.18 bits per heavy atom. The van der Waals surface area contributed by atoms with Crippen LogP contribution in [0.3, 0.4) is 0 Å². The number of carbonyl (C=O) groups excluding carboxylic acids is 1. The number of aromatic nitrogens is 2. The van der Waals surface area contributed by atoms with Crippen LogP contribution in [0.2, 0.25) is 0 Å². The van der Waals surface area contributed by atoms with E-state index in [2.05, 4.69) is 25.9 Å². The second-order valence-electron chi connectivity index (χ2n) is 7.97. The van der Waals surface area contributed by atoms with Gasteiger partial charge in [0, 0.05) is 41.7 Å². The standard InChI is InChI=1S/C19H24ClFN6O/c1-19(2,18(28)27-6-4-12(21)10-27)26-15-3-5-22-17(25-15)14-9-24-16-13(14)7-11(20)8-23-16/h3,5,8-9,12-13,16,23-24H,4,6-7,10H2,1-2H3,(H,22,25,26). The molecule has 1 amide bonds. The maximum Gasteiger partial charge on any atom is 0.247 e. The van der Waals surface area contributed by atoms with E-state index in [0.29, 0.717) is 31.0 Å². The molecular weight excluding hydrogens is 383 g/mol. The highest BCUT2D eigenvalue weighted by Crippen LogP contribution is 2.35. The van der Waals surface area contributed by atoms with Crippen LogP contribution < -0.4 is 16.0 Å². The van der Waals surface area contributed by atoms with E-state index in [1.54, 1.807) is 37.2 Å². The SMILES string of the molecule is CC(C)(Nc1ccnc(C2=CNC3NC=C(Cl)CC23)n1)C(=O)N1CCC(F)C1. The first-order valence-electron chi connectivity index (χ1n) is 9.45. The summed E-state index contributed by atoms with van der Waals surface area (Å²) in [5.74, 6) is 1.14. The van der Waals surface area contributed by atoms with Crippen molar-refractivity contribution < 1.29 is 9.18 Å². The first-order valence-corrected chi connectivity index (χ1v) is 9.83. The summed E-state index contributed by atoms with van der Waals surface area (Å²) < 4.78 is 13.5. The molecule has 150 valence electrons. The van der Waals surface area contributed by atoms with Gasteiger partial charge in [0.25, 0.3) is 0 Å². The molecule has 4 heterocycles. The van der Waals surface area contributed by atoms with E-state index in [4.69, 9.17) is 11.6 Å². The van der Waals surface area contributed by atoms with Gasteiger partial charge in [-0.1, -0.05) is 11.6 Å². The van der Waals surface area contributed by atoms with Crippen LogP contribution in [-0.4, -0.2) is 51.7 Å². The molecule has 0 aliphatic carbocycles. The van der Waals surface area contributed by atoms with Crippen molar-refractivity contribution >= 4 is 28.9 Å². The Morgan fingerprint density at radius 1 is 1.39 bits per heavy atom. The van der Waals surface area contributed by atoms with Crippen molar-refractivity contribution in [2.24, 2.45) is 5.92 Å². The fraction of sp³-hybridized carbons (Fsp3) is 0.526. The first-order chi connectivity index (χ1) is 13.3. The largest absolute Gasteiger partial charge is 0.370 e. The molecule has 9 heteroatoms. The maximum absolute atomic E-state index is 13.5. The highest BCUT2D eigenvalue weighted by Gasteiger charge is 2.37. The van der Waals surface area contributed by atoms with Gasteiger partial charge in [-0.05, 0) is 32.8 Å². The zero-order valence-electron chi connectivity index (χ0n) is 15.9. The molecule has 3 atom stereocenters. The predicted molar refractivity (Wildman–Crippen MR) is 106 cm³/mol. The minimum atomic E-state index is -0.940. The minimum absolute atomic E-state index is 0.0690. The Morgan fingerprint density at radius 3 is 2.93 bits per heavy atom. The zero-order valence-corrected chi connectivity index (χ0v) is 16.6. The lowest BCUT2D eigenvalue weighted by Crippen LogP contribution is -2.49. The number of allylic oxidation sites excluding steroid dienone is 1. The van der Waals surface area contributed by atoms with Gasteiger partial charge in [-0.15, -0.1) is 0 Å². The number of hydrogen-bond donors (Lipinski definition) is 3. The lowest BCUT2D eigenvalue weighted by Gasteiger charge is -2.30. The number of fused-ring (bicyclic) bond motifs is 1. The molecule has 4 rings (SSSR count). The topological polar surface area (TPSA) is 82.2 Å². The number of nitrogens with one attached hydrogen (secondary N) is 3. The van der Waals surface area contributed by atoms with Crippen LogP contribution in [0.15, 0.2) is 29.7 Å². The Labute approximate surface area is 168 Å². The van der Waals surface area contributed by atoms with Crippen molar-refractivity contribution in [3.8, 4) is 0 Å². The summed E-state index contributed by atoms with van der Waals surface area (Å²) in [5, 5.41) is 10.5. The van der Waals surface area contributed by atoms with Crippen molar-refractivity contribution in [1.82, 2.24) is 25.5 Å². The summed E-state index contributed by atoms with van der Waals surface area (Å²) in [6.07, 6.45) is 5.62. The third-order valence-corrected chi connectivity index (χ3v) is 5.63. The van der Waals surface area contributed by atoms with E-state index in [-0.39, 0.29) is 24.5 Å². The molecule has 1 aromatic heterocycles. The Balaban J connectivity index is 1.50. The summed E-state index contributed by atoms with van der Waals surface area (Å²) >= 11 is 6.18. The fourth-order valence-electron chi connectivity index (χ4n) is 3.89. The average Bonchev–Trinajstić information content (AvgIpc) is 3.26. The lowest BCUT2D eigenvalue weighted by molar-refractivity contribution is -0.134. The van der Waals surface area contributed by atoms with Crippen molar-refractivity contribution in [2.75, 3.05) is 18.4 Å². The maximum atomic E-state index is 13.5. The van der Waals surface area contributed by atoms with Gasteiger partial charge in [0.05, 0.1) is 6.54 Å². The Kier molecular flexibility index (Phi) is 4.91. The number of nitrogens with zero attached hydrogens (tertiary/aromatic N) is 3. The van der Waals surface area contributed by atoms with E-state index >= 15 is 0 Å². The van der Waals surface area contributed by atoms with Gasteiger partial charge in [0.2, 0.25) is 5.91 Å². The van der Waals surface area contributed by atoms with E-state index in [0.717, 1.165) is 10.6 Å². The van der Waals surface area contributed by atoms with E-state index < -0.39 is 11.7 Å². The van der Waals surface area contributed by atoms with Crippen LogP contribution in [-0.2, 0) is 4.79 Å². The van der Waals surface area contributed by atoms with Gasteiger partial charge in [-0.2, -0.15) is 0 Å². The number of amides is 1. The van der Waals surface area contributed by atoms with Crippen molar-refractivity contribution in [3.63, 3.8) is 0 Å². The first kappa shape index (κ1) is 19.0. The predicted octanol–water partition coefficient (Wildman–Crippen LogP) is 2.20. The minimum Gasteiger partial charge on any atom is -0.370 e. The number of rotatable bonds is 4. The molecule has 1 saturated heterocycles. The summed E-state index contributed by atoms with van der Waals surface area (Å²) in [4.78, 5) is 23.4. The van der Waals surface area contributed by atoms with E-state index in [1.165, 1.54) is 0 Å². The van der Waals surface area contributed by atoms with Crippen LogP contribution in [0.4, 0.5) is 10.2 Å². The number of alkyl halides is 1. The van der Waals surface area contributed by atoms with Crippen molar-refractivity contribution in [1.29, 1.82) is 0 Å². The second kappa shape index (κ2) is 7.24. The summed E-state index contributed by atoms with van der Waals surface area (Å²) in [6, 6.07) is 1.73. The fourth-order valence-corrected chi connectivity index (χ4v) is 4.12. The number of hydrogen-bond acceptors (Lipinski definition) is 6. The van der Waals surface area contributed by atoms with Crippen LogP contribution in [0.1, 0.15) is 32.5 Å². The number of likely N-dealkylation sites (tertiary alicyclic amines) is 1. The summed E-state index contributed by atoms with van der Waals surface area (Å²) in [7, 11) is 0. The number of anilines is 1. The monoisotopic (exact) mass is 406 g/mol. The van der Waals surface area contributed by atoms with Crippen molar-refractivity contribution in [2.45, 2.75) is 44.6 Å². The molecule has 1 aromatic rings. The molecule has 3 aliphatic rings. The third-order valence-electron chi connectivity index (χ3n) is 5.36. The second-order valence-corrected chi connectivity index (χ2v) is 8.45. The zero-order chi connectivity index (χ0) is 19.9. The Hall–Kier alpha value is -2.35. The van der Waals surface area contributed by atoms with Gasteiger partial charge >= 0.3 is 0 Å². The molecule has 1 fully saturated rings. The molecule has 3 unspecified atom stereocenters. The average molecular weight is 407 g/mol. The molecular formula is C19H24ClFN6O. The molecule has 0 aromatic carbocycles. The van der Waals surface area contributed by atoms with Gasteiger partial charge in [0.15, 0.2) is 5.82 Å². The molecule has 0 saturated carbocycles. The van der Waals surface area contributed by atoms with Gasteiger partial charge in [-0.25, -0.2) is 14.4 Å². The quantitative estimate of drug-likeness (QED) is 0.711.